The van der Waals surface area contributed by atoms with Crippen LogP contribution in [-0.4, -0.2) is 50.0 Å². The van der Waals surface area contributed by atoms with Gasteiger partial charge in [0, 0.05) is 31.9 Å². The van der Waals surface area contributed by atoms with Crippen molar-refractivity contribution in [2.45, 2.75) is 32.1 Å². The molecular weight excluding hydrogens is 376 g/mol. The highest BCUT2D eigenvalue weighted by Crippen LogP contribution is 2.25. The summed E-state index contributed by atoms with van der Waals surface area (Å²) in [5.74, 6) is -0.978. The van der Waals surface area contributed by atoms with Gasteiger partial charge < -0.3 is 10.0 Å². The maximum absolute atomic E-state index is 13.1. The summed E-state index contributed by atoms with van der Waals surface area (Å²) in [5.41, 5.74) is 4.69. The number of aryl methyl sites for hydroxylation is 3. The number of hydrogen-bond donors (Lipinski definition) is 1. The molecular formula is C21H26N2O4S. The van der Waals surface area contributed by atoms with Crippen LogP contribution in [0.5, 0.6) is 0 Å². The van der Waals surface area contributed by atoms with Crippen molar-refractivity contribution in [2.75, 3.05) is 31.1 Å². The Bertz CT molecular complexity index is 993. The molecule has 1 aliphatic rings. The first-order valence-corrected chi connectivity index (χ1v) is 10.8. The van der Waals surface area contributed by atoms with Gasteiger partial charge in [-0.25, -0.2) is 8.42 Å². The molecule has 0 atom stereocenters. The lowest BCUT2D eigenvalue weighted by molar-refractivity contribution is -0.136. The van der Waals surface area contributed by atoms with Crippen LogP contribution in [0.3, 0.4) is 0 Å². The van der Waals surface area contributed by atoms with E-state index in [-0.39, 0.29) is 11.3 Å². The minimum Gasteiger partial charge on any atom is -0.481 e. The standard InChI is InChI=1S/C21H26N2O4S/c1-15-5-7-19(12-17(15)3)22-8-10-23(11-9-22)28(26,27)20-13-18(14-21(24)25)6-4-16(20)2/h4-7,12-13H,8-11,14H2,1-3H3,(H,24,25). The zero-order valence-electron chi connectivity index (χ0n) is 16.5. The maximum Gasteiger partial charge on any atom is 0.307 e. The van der Waals surface area contributed by atoms with E-state index in [4.69, 9.17) is 5.11 Å². The van der Waals surface area contributed by atoms with E-state index in [1.807, 2.05) is 0 Å². The number of aliphatic carboxylic acids is 1. The van der Waals surface area contributed by atoms with Gasteiger partial charge >= 0.3 is 5.97 Å². The molecule has 1 fully saturated rings. The average molecular weight is 403 g/mol. The van der Waals surface area contributed by atoms with Crippen LogP contribution in [0.15, 0.2) is 41.3 Å². The van der Waals surface area contributed by atoms with Crippen LogP contribution < -0.4 is 4.90 Å². The van der Waals surface area contributed by atoms with Crippen molar-refractivity contribution in [3.63, 3.8) is 0 Å². The largest absolute Gasteiger partial charge is 0.481 e. The summed E-state index contributed by atoms with van der Waals surface area (Å²) in [6, 6.07) is 11.1. The van der Waals surface area contributed by atoms with E-state index in [1.165, 1.54) is 21.5 Å². The van der Waals surface area contributed by atoms with E-state index in [0.29, 0.717) is 37.3 Å². The van der Waals surface area contributed by atoms with Gasteiger partial charge in [-0.3, -0.25) is 4.79 Å². The lowest BCUT2D eigenvalue weighted by Crippen LogP contribution is -2.48. The zero-order chi connectivity index (χ0) is 20.5. The number of sulfonamides is 1. The number of carboxylic acid groups (broad SMARTS) is 1. The number of piperazine rings is 1. The van der Waals surface area contributed by atoms with Gasteiger partial charge in [0.1, 0.15) is 0 Å². The van der Waals surface area contributed by atoms with Crippen LogP contribution in [-0.2, 0) is 21.2 Å². The molecule has 2 aromatic carbocycles. The number of rotatable bonds is 5. The van der Waals surface area contributed by atoms with Crippen LogP contribution in [0.2, 0.25) is 0 Å². The van der Waals surface area contributed by atoms with Crippen LogP contribution in [0.1, 0.15) is 22.3 Å². The molecule has 0 saturated carbocycles. The molecule has 2 aromatic rings. The van der Waals surface area contributed by atoms with Crippen molar-refractivity contribution >= 4 is 21.7 Å². The first-order chi connectivity index (χ1) is 13.2. The zero-order valence-corrected chi connectivity index (χ0v) is 17.3. The van der Waals surface area contributed by atoms with E-state index in [2.05, 4.69) is 36.9 Å². The summed E-state index contributed by atoms with van der Waals surface area (Å²) in [6.07, 6.45) is -0.191. The van der Waals surface area contributed by atoms with Crippen molar-refractivity contribution in [1.82, 2.24) is 4.31 Å². The van der Waals surface area contributed by atoms with Gasteiger partial charge in [-0.1, -0.05) is 18.2 Å². The molecule has 6 nitrogen and oxygen atoms in total. The second-order valence-corrected chi connectivity index (χ2v) is 9.24. The SMILES string of the molecule is Cc1ccc(N2CCN(S(=O)(=O)c3cc(CC(=O)O)ccc3C)CC2)cc1C. The summed E-state index contributed by atoms with van der Waals surface area (Å²) < 4.78 is 27.8. The molecule has 1 N–H and O–H groups in total. The second kappa shape index (κ2) is 7.93. The minimum atomic E-state index is -3.66. The molecule has 1 aliphatic heterocycles. The third kappa shape index (κ3) is 4.20. The molecule has 0 aromatic heterocycles. The van der Waals surface area contributed by atoms with E-state index in [1.54, 1.807) is 19.1 Å². The fourth-order valence-corrected chi connectivity index (χ4v) is 5.15. The Morgan fingerprint density at radius 1 is 0.929 bits per heavy atom. The van der Waals surface area contributed by atoms with E-state index in [0.717, 1.165) is 5.69 Å². The van der Waals surface area contributed by atoms with Gasteiger partial charge in [0.05, 0.1) is 11.3 Å². The first kappa shape index (κ1) is 20.4. The lowest BCUT2D eigenvalue weighted by atomic mass is 10.1. The Kier molecular flexibility index (Phi) is 5.76. The number of hydrogen-bond acceptors (Lipinski definition) is 4. The molecule has 150 valence electrons. The monoisotopic (exact) mass is 402 g/mol. The van der Waals surface area contributed by atoms with Crippen molar-refractivity contribution in [3.8, 4) is 0 Å². The normalized spacial score (nSPS) is 15.6. The van der Waals surface area contributed by atoms with Gasteiger partial charge in [0.25, 0.3) is 0 Å². The third-order valence-electron chi connectivity index (χ3n) is 5.32. The highest BCUT2D eigenvalue weighted by Gasteiger charge is 2.30. The lowest BCUT2D eigenvalue weighted by Gasteiger charge is -2.36. The van der Waals surface area contributed by atoms with Gasteiger partial charge in [-0.15, -0.1) is 0 Å². The summed E-state index contributed by atoms with van der Waals surface area (Å²) >= 11 is 0. The molecule has 0 radical (unpaired) electrons. The molecule has 1 saturated heterocycles. The number of carbonyl (C=O) groups is 1. The number of nitrogens with zero attached hydrogens (tertiary/aromatic N) is 2. The van der Waals surface area contributed by atoms with E-state index < -0.39 is 16.0 Å². The molecule has 1 heterocycles. The Morgan fingerprint density at radius 2 is 1.57 bits per heavy atom. The summed E-state index contributed by atoms with van der Waals surface area (Å²) in [5, 5.41) is 8.99. The molecule has 0 bridgehead atoms. The summed E-state index contributed by atoms with van der Waals surface area (Å²) in [7, 11) is -3.66. The van der Waals surface area contributed by atoms with Crippen LogP contribution in [0.25, 0.3) is 0 Å². The predicted octanol–water partition coefficient (Wildman–Crippen LogP) is 2.75. The Balaban J connectivity index is 1.77. The predicted molar refractivity (Wildman–Crippen MR) is 109 cm³/mol. The molecule has 28 heavy (non-hydrogen) atoms. The fraction of sp³-hybridized carbons (Fsp3) is 0.381. The molecule has 0 spiro atoms. The quantitative estimate of drug-likeness (QED) is 0.832. The fourth-order valence-electron chi connectivity index (χ4n) is 3.46. The maximum atomic E-state index is 13.1. The molecule has 3 rings (SSSR count). The molecule has 0 unspecified atom stereocenters. The number of anilines is 1. The topological polar surface area (TPSA) is 77.9 Å². The highest BCUT2D eigenvalue weighted by molar-refractivity contribution is 7.89. The van der Waals surface area contributed by atoms with Crippen molar-refractivity contribution < 1.29 is 18.3 Å². The summed E-state index contributed by atoms with van der Waals surface area (Å²) in [4.78, 5) is 13.4. The number of benzene rings is 2. The molecule has 7 heteroatoms. The van der Waals surface area contributed by atoms with Crippen LogP contribution in [0, 0.1) is 20.8 Å². The Morgan fingerprint density at radius 3 is 2.18 bits per heavy atom. The van der Waals surface area contributed by atoms with Crippen molar-refractivity contribution in [2.24, 2.45) is 0 Å². The average Bonchev–Trinajstić information content (AvgIpc) is 2.65. The van der Waals surface area contributed by atoms with Crippen molar-refractivity contribution in [1.29, 1.82) is 0 Å². The van der Waals surface area contributed by atoms with E-state index >= 15 is 0 Å². The van der Waals surface area contributed by atoms with E-state index in [9.17, 15) is 13.2 Å². The minimum absolute atomic E-state index is 0.191. The molecule has 0 amide bonds. The Labute approximate surface area is 166 Å². The molecule has 0 aliphatic carbocycles. The third-order valence-corrected chi connectivity index (χ3v) is 7.36. The smallest absolute Gasteiger partial charge is 0.307 e. The van der Waals surface area contributed by atoms with Gasteiger partial charge in [-0.05, 0) is 61.2 Å². The Hall–Kier alpha value is -2.38. The van der Waals surface area contributed by atoms with Gasteiger partial charge in [-0.2, -0.15) is 4.31 Å². The second-order valence-electron chi connectivity index (χ2n) is 7.33. The van der Waals surface area contributed by atoms with Crippen LogP contribution >= 0.6 is 0 Å². The first-order valence-electron chi connectivity index (χ1n) is 9.32. The van der Waals surface area contributed by atoms with Crippen molar-refractivity contribution in [3.05, 3.63) is 58.7 Å². The number of carboxylic acids is 1. The summed E-state index contributed by atoms with van der Waals surface area (Å²) in [6.45, 7) is 7.93. The van der Waals surface area contributed by atoms with Gasteiger partial charge in [0.2, 0.25) is 10.0 Å². The van der Waals surface area contributed by atoms with Gasteiger partial charge in [0.15, 0.2) is 0 Å². The van der Waals surface area contributed by atoms with Crippen LogP contribution in [0.4, 0.5) is 5.69 Å². The highest BCUT2D eigenvalue weighted by atomic mass is 32.2.